The van der Waals surface area contributed by atoms with Crippen LogP contribution in [0.3, 0.4) is 0 Å². The van der Waals surface area contributed by atoms with Crippen LogP contribution in [0.1, 0.15) is 51.2 Å². The summed E-state index contributed by atoms with van der Waals surface area (Å²) in [7, 11) is -4.12. The smallest absolute Gasteiger partial charge is 0.264 e. The summed E-state index contributed by atoms with van der Waals surface area (Å²) in [6.45, 7) is 7.54. The van der Waals surface area contributed by atoms with Crippen LogP contribution in [0.5, 0.6) is 0 Å². The van der Waals surface area contributed by atoms with Crippen molar-refractivity contribution in [3.63, 3.8) is 0 Å². The zero-order valence-electron chi connectivity index (χ0n) is 23.1. The second-order valence-corrected chi connectivity index (χ2v) is 12.5. The van der Waals surface area contributed by atoms with Gasteiger partial charge in [0, 0.05) is 23.1 Å². The van der Waals surface area contributed by atoms with Gasteiger partial charge in [0.25, 0.3) is 10.0 Å². The molecule has 2 amide bonds. The van der Waals surface area contributed by atoms with Crippen LogP contribution in [0, 0.1) is 0 Å². The molecule has 0 fully saturated rings. The molecule has 3 rings (SSSR count). The molecule has 0 bridgehead atoms. The van der Waals surface area contributed by atoms with Crippen molar-refractivity contribution in [3.05, 3.63) is 94.0 Å². The van der Waals surface area contributed by atoms with E-state index in [4.69, 9.17) is 23.2 Å². The van der Waals surface area contributed by atoms with Crippen LogP contribution < -0.4 is 9.62 Å². The molecule has 1 N–H and O–H groups in total. The van der Waals surface area contributed by atoms with Crippen molar-refractivity contribution in [1.29, 1.82) is 0 Å². The van der Waals surface area contributed by atoms with Crippen LogP contribution in [0.4, 0.5) is 5.69 Å². The lowest BCUT2D eigenvalue weighted by Gasteiger charge is -2.32. The third-order valence-corrected chi connectivity index (χ3v) is 8.91. The zero-order chi connectivity index (χ0) is 29.4. The summed E-state index contributed by atoms with van der Waals surface area (Å²) in [5, 5.41) is 3.59. The minimum Gasteiger partial charge on any atom is -0.354 e. The number of nitrogens with one attached hydrogen (secondary N) is 1. The van der Waals surface area contributed by atoms with Gasteiger partial charge < -0.3 is 10.2 Å². The Balaban J connectivity index is 2.04. The van der Waals surface area contributed by atoms with E-state index in [-0.39, 0.29) is 23.3 Å². The summed E-state index contributed by atoms with van der Waals surface area (Å²) in [6, 6.07) is 19.0. The molecule has 7 nitrogen and oxygen atoms in total. The molecular formula is C30H35Cl2N3O4S. The fourth-order valence-electron chi connectivity index (χ4n) is 4.09. The largest absolute Gasteiger partial charge is 0.354 e. The van der Waals surface area contributed by atoms with Gasteiger partial charge in [-0.2, -0.15) is 0 Å². The van der Waals surface area contributed by atoms with E-state index in [1.54, 1.807) is 55.5 Å². The molecule has 0 aliphatic rings. The van der Waals surface area contributed by atoms with Crippen molar-refractivity contribution < 1.29 is 18.0 Å². The Labute approximate surface area is 247 Å². The molecule has 0 unspecified atom stereocenters. The first kappa shape index (κ1) is 31.5. The number of carbonyl (C=O) groups excluding carboxylic acids is 2. The molecule has 0 spiro atoms. The molecular weight excluding hydrogens is 569 g/mol. The first-order valence-corrected chi connectivity index (χ1v) is 15.3. The highest BCUT2D eigenvalue weighted by Gasteiger charge is 2.32. The summed E-state index contributed by atoms with van der Waals surface area (Å²) in [5.41, 5.74) is 1.95. The zero-order valence-corrected chi connectivity index (χ0v) is 25.4. The lowest BCUT2D eigenvalue weighted by Crippen LogP contribution is -2.51. The standard InChI is InChI=1S/C30H35Cl2N3O4S/c1-5-17-33-30(37)22(4)34(19-24-11-14-25(31)18-28(24)32)29(36)20-35(26-15-12-23(13-16-26)21(2)3)40(38,39)27-9-7-6-8-10-27/h6-16,18,21-22H,5,17,19-20H2,1-4H3,(H,33,37)/t22-/m0/s1. The first-order valence-electron chi connectivity index (χ1n) is 13.1. The number of rotatable bonds is 12. The van der Waals surface area contributed by atoms with Crippen molar-refractivity contribution in [2.45, 2.75) is 57.5 Å². The van der Waals surface area contributed by atoms with Crippen molar-refractivity contribution >= 4 is 50.7 Å². The van der Waals surface area contributed by atoms with E-state index in [0.717, 1.165) is 16.3 Å². The van der Waals surface area contributed by atoms with E-state index in [1.807, 2.05) is 32.9 Å². The van der Waals surface area contributed by atoms with Gasteiger partial charge >= 0.3 is 0 Å². The van der Waals surface area contributed by atoms with E-state index >= 15 is 0 Å². The maximum absolute atomic E-state index is 14.0. The van der Waals surface area contributed by atoms with E-state index < -0.39 is 28.5 Å². The molecule has 0 aromatic heterocycles. The summed E-state index contributed by atoms with van der Waals surface area (Å²) >= 11 is 12.5. The number of hydrogen-bond acceptors (Lipinski definition) is 4. The normalized spacial score (nSPS) is 12.2. The van der Waals surface area contributed by atoms with Gasteiger partial charge in [0.2, 0.25) is 11.8 Å². The highest BCUT2D eigenvalue weighted by Crippen LogP contribution is 2.27. The Bertz CT molecular complexity index is 1410. The van der Waals surface area contributed by atoms with E-state index in [0.29, 0.717) is 27.8 Å². The minimum absolute atomic E-state index is 0.0128. The van der Waals surface area contributed by atoms with Crippen LogP contribution in [-0.2, 0) is 26.2 Å². The van der Waals surface area contributed by atoms with Crippen molar-refractivity contribution in [1.82, 2.24) is 10.2 Å². The van der Waals surface area contributed by atoms with Crippen molar-refractivity contribution in [2.75, 3.05) is 17.4 Å². The summed E-state index contributed by atoms with van der Waals surface area (Å²) in [6.07, 6.45) is 0.727. The average Bonchev–Trinajstić information content (AvgIpc) is 2.94. The van der Waals surface area contributed by atoms with Crippen LogP contribution in [0.2, 0.25) is 10.0 Å². The SMILES string of the molecule is CCCNC(=O)[C@H](C)N(Cc1ccc(Cl)cc1Cl)C(=O)CN(c1ccc(C(C)C)cc1)S(=O)(=O)c1ccccc1. The molecule has 0 aliphatic carbocycles. The van der Waals surface area contributed by atoms with Crippen LogP contribution in [-0.4, -0.2) is 44.3 Å². The van der Waals surface area contributed by atoms with Crippen molar-refractivity contribution in [3.8, 4) is 0 Å². The predicted molar refractivity (Wildman–Crippen MR) is 161 cm³/mol. The topological polar surface area (TPSA) is 86.8 Å². The molecule has 10 heteroatoms. The second kappa shape index (κ2) is 14.0. The highest BCUT2D eigenvalue weighted by atomic mass is 35.5. The Hall–Kier alpha value is -3.07. The Morgan fingerprint density at radius 3 is 2.15 bits per heavy atom. The summed E-state index contributed by atoms with van der Waals surface area (Å²) in [5.74, 6) is -0.659. The second-order valence-electron chi connectivity index (χ2n) is 9.80. The average molecular weight is 605 g/mol. The first-order chi connectivity index (χ1) is 18.9. The fraction of sp³-hybridized carbons (Fsp3) is 0.333. The molecule has 3 aromatic rings. The van der Waals surface area contributed by atoms with E-state index in [1.165, 1.54) is 17.0 Å². The number of sulfonamides is 1. The third-order valence-electron chi connectivity index (χ3n) is 6.53. The maximum atomic E-state index is 14.0. The number of benzene rings is 3. The number of nitrogens with zero attached hydrogens (tertiary/aromatic N) is 2. The Morgan fingerprint density at radius 1 is 0.925 bits per heavy atom. The summed E-state index contributed by atoms with van der Waals surface area (Å²) < 4.78 is 28.8. The molecule has 0 aliphatic heterocycles. The lowest BCUT2D eigenvalue weighted by atomic mass is 10.0. The van der Waals surface area contributed by atoms with E-state index in [9.17, 15) is 18.0 Å². The lowest BCUT2D eigenvalue weighted by molar-refractivity contribution is -0.139. The molecule has 3 aromatic carbocycles. The third kappa shape index (κ3) is 7.77. The number of hydrogen-bond donors (Lipinski definition) is 1. The van der Waals surface area contributed by atoms with Gasteiger partial charge in [0.1, 0.15) is 12.6 Å². The van der Waals surface area contributed by atoms with Gasteiger partial charge in [-0.1, -0.05) is 80.4 Å². The van der Waals surface area contributed by atoms with Gasteiger partial charge in [-0.05, 0) is 66.8 Å². The van der Waals surface area contributed by atoms with Gasteiger partial charge in [0.05, 0.1) is 10.6 Å². The van der Waals surface area contributed by atoms with Gasteiger partial charge in [-0.3, -0.25) is 13.9 Å². The maximum Gasteiger partial charge on any atom is 0.264 e. The van der Waals surface area contributed by atoms with Gasteiger partial charge in [-0.25, -0.2) is 8.42 Å². The molecule has 40 heavy (non-hydrogen) atoms. The van der Waals surface area contributed by atoms with Gasteiger partial charge in [0.15, 0.2) is 0 Å². The molecule has 0 saturated heterocycles. The number of anilines is 1. The minimum atomic E-state index is -4.12. The van der Waals surface area contributed by atoms with Gasteiger partial charge in [-0.15, -0.1) is 0 Å². The molecule has 1 atom stereocenters. The number of carbonyl (C=O) groups is 2. The number of amides is 2. The molecule has 214 valence electrons. The van der Waals surface area contributed by atoms with Crippen LogP contribution in [0.25, 0.3) is 0 Å². The monoisotopic (exact) mass is 603 g/mol. The quantitative estimate of drug-likeness (QED) is 0.265. The molecule has 0 saturated carbocycles. The van der Waals surface area contributed by atoms with Crippen LogP contribution >= 0.6 is 23.2 Å². The number of halogens is 2. The fourth-order valence-corrected chi connectivity index (χ4v) is 5.99. The molecule has 0 heterocycles. The predicted octanol–water partition coefficient (Wildman–Crippen LogP) is 6.26. The summed E-state index contributed by atoms with van der Waals surface area (Å²) in [4.78, 5) is 28.3. The van der Waals surface area contributed by atoms with Crippen LogP contribution in [0.15, 0.2) is 77.7 Å². The molecule has 0 radical (unpaired) electrons. The van der Waals surface area contributed by atoms with E-state index in [2.05, 4.69) is 5.32 Å². The van der Waals surface area contributed by atoms with Crippen molar-refractivity contribution in [2.24, 2.45) is 0 Å². The Kier molecular flexibility index (Phi) is 11.0. The Morgan fingerprint density at radius 2 is 1.57 bits per heavy atom. The highest BCUT2D eigenvalue weighted by molar-refractivity contribution is 7.92.